The normalized spacial score (nSPS) is 17.5. The van der Waals surface area contributed by atoms with Crippen LogP contribution in [0.4, 0.5) is 0 Å². The first-order chi connectivity index (χ1) is 13.9. The molecule has 0 saturated carbocycles. The molecule has 29 heavy (non-hydrogen) atoms. The highest BCUT2D eigenvalue weighted by Crippen LogP contribution is 2.27. The van der Waals surface area contributed by atoms with Gasteiger partial charge in [0.15, 0.2) is 0 Å². The molecule has 1 aromatic heterocycles. The summed E-state index contributed by atoms with van der Waals surface area (Å²) in [7, 11) is -3.51. The van der Waals surface area contributed by atoms with Crippen LogP contribution < -0.4 is 0 Å². The fourth-order valence-electron chi connectivity index (χ4n) is 4.37. The van der Waals surface area contributed by atoms with Crippen molar-refractivity contribution in [1.82, 2.24) is 19.4 Å². The van der Waals surface area contributed by atoms with Crippen LogP contribution in [0.2, 0.25) is 0 Å². The molecule has 2 aliphatic rings. The predicted molar refractivity (Wildman–Crippen MR) is 110 cm³/mol. The second-order valence-electron chi connectivity index (χ2n) is 7.98. The number of amides is 1. The molecule has 4 rings (SSSR count). The molecule has 0 radical (unpaired) electrons. The van der Waals surface area contributed by atoms with E-state index in [1.54, 1.807) is 11.0 Å². The van der Waals surface area contributed by atoms with Crippen molar-refractivity contribution in [1.29, 1.82) is 0 Å². The van der Waals surface area contributed by atoms with Gasteiger partial charge in [0.25, 0.3) is 0 Å². The Morgan fingerprint density at radius 1 is 1.10 bits per heavy atom. The summed E-state index contributed by atoms with van der Waals surface area (Å²) < 4.78 is 27.6. The standard InChI is InChI=1S/C21H28N4O3S/c1-15-20(16(2)23-22-15)8-9-21(26)24-10-12-25(13-11-24)29(27,28)19-7-6-17-4-3-5-18(17)14-19/h6-7,14H,3-5,8-13H2,1-2H3,(H,22,23). The summed E-state index contributed by atoms with van der Waals surface area (Å²) in [5, 5.41) is 7.12. The van der Waals surface area contributed by atoms with Crippen LogP contribution >= 0.6 is 0 Å². The molecule has 1 fully saturated rings. The van der Waals surface area contributed by atoms with Gasteiger partial charge in [-0.05, 0) is 68.4 Å². The van der Waals surface area contributed by atoms with Gasteiger partial charge >= 0.3 is 0 Å². The molecule has 156 valence electrons. The van der Waals surface area contributed by atoms with Crippen LogP contribution in [0.3, 0.4) is 0 Å². The molecule has 0 bridgehead atoms. The molecule has 1 amide bonds. The largest absolute Gasteiger partial charge is 0.340 e. The van der Waals surface area contributed by atoms with Gasteiger partial charge < -0.3 is 4.90 Å². The number of aryl methyl sites for hydroxylation is 4. The maximum absolute atomic E-state index is 13.0. The highest BCUT2D eigenvalue weighted by Gasteiger charge is 2.30. The van der Waals surface area contributed by atoms with E-state index in [-0.39, 0.29) is 5.91 Å². The molecular weight excluding hydrogens is 388 g/mol. The molecule has 0 unspecified atom stereocenters. The van der Waals surface area contributed by atoms with Gasteiger partial charge in [-0.3, -0.25) is 9.89 Å². The van der Waals surface area contributed by atoms with E-state index >= 15 is 0 Å². The summed E-state index contributed by atoms with van der Waals surface area (Å²) in [5.74, 6) is 0.0691. The Morgan fingerprint density at radius 2 is 1.83 bits per heavy atom. The lowest BCUT2D eigenvalue weighted by molar-refractivity contribution is -0.132. The minimum absolute atomic E-state index is 0.0691. The molecule has 1 saturated heterocycles. The molecule has 7 nitrogen and oxygen atoms in total. The van der Waals surface area contributed by atoms with Gasteiger partial charge in [-0.2, -0.15) is 9.40 Å². The number of nitrogens with zero attached hydrogens (tertiary/aromatic N) is 3. The molecule has 0 atom stereocenters. The number of aromatic amines is 1. The van der Waals surface area contributed by atoms with Gasteiger partial charge in [0, 0.05) is 38.3 Å². The number of fused-ring (bicyclic) bond motifs is 1. The van der Waals surface area contributed by atoms with Gasteiger partial charge in [-0.25, -0.2) is 8.42 Å². The van der Waals surface area contributed by atoms with Crippen molar-refractivity contribution >= 4 is 15.9 Å². The first kappa shape index (κ1) is 20.1. The number of H-pyrrole nitrogens is 1. The van der Waals surface area contributed by atoms with E-state index in [9.17, 15) is 13.2 Å². The Bertz CT molecular complexity index is 1000. The third-order valence-electron chi connectivity index (χ3n) is 6.17. The quantitative estimate of drug-likeness (QED) is 0.808. The van der Waals surface area contributed by atoms with E-state index in [1.807, 2.05) is 26.0 Å². The second-order valence-corrected chi connectivity index (χ2v) is 9.92. The number of rotatable bonds is 5. The maximum atomic E-state index is 13.0. The third-order valence-corrected chi connectivity index (χ3v) is 8.06. The smallest absolute Gasteiger partial charge is 0.243 e. The van der Waals surface area contributed by atoms with Crippen molar-refractivity contribution in [2.45, 2.75) is 50.8 Å². The molecule has 1 aromatic carbocycles. The monoisotopic (exact) mass is 416 g/mol. The predicted octanol–water partition coefficient (Wildman–Crippen LogP) is 1.98. The van der Waals surface area contributed by atoms with Crippen LogP contribution in [-0.2, 0) is 34.1 Å². The van der Waals surface area contributed by atoms with E-state index in [4.69, 9.17) is 0 Å². The van der Waals surface area contributed by atoms with Gasteiger partial charge in [0.05, 0.1) is 10.6 Å². The Hall–Kier alpha value is -2.19. The van der Waals surface area contributed by atoms with E-state index in [0.717, 1.165) is 41.8 Å². The summed E-state index contributed by atoms with van der Waals surface area (Å²) in [6.45, 7) is 5.46. The zero-order valence-electron chi connectivity index (χ0n) is 17.1. The molecule has 1 aliphatic carbocycles. The van der Waals surface area contributed by atoms with Crippen molar-refractivity contribution in [3.05, 3.63) is 46.3 Å². The fraction of sp³-hybridized carbons (Fsp3) is 0.524. The summed E-state index contributed by atoms with van der Waals surface area (Å²) in [5.41, 5.74) is 5.45. The Morgan fingerprint density at radius 3 is 2.52 bits per heavy atom. The maximum Gasteiger partial charge on any atom is 0.243 e. The number of sulfonamides is 1. The van der Waals surface area contributed by atoms with Crippen molar-refractivity contribution in [3.8, 4) is 0 Å². The van der Waals surface area contributed by atoms with E-state index in [0.29, 0.717) is 43.9 Å². The number of nitrogens with one attached hydrogen (secondary N) is 1. The van der Waals surface area contributed by atoms with Crippen molar-refractivity contribution in [2.24, 2.45) is 0 Å². The van der Waals surface area contributed by atoms with Crippen LogP contribution in [0.5, 0.6) is 0 Å². The lowest BCUT2D eigenvalue weighted by Crippen LogP contribution is -2.50. The lowest BCUT2D eigenvalue weighted by Gasteiger charge is -2.34. The number of aromatic nitrogens is 2. The first-order valence-corrected chi connectivity index (χ1v) is 11.7. The van der Waals surface area contributed by atoms with Crippen molar-refractivity contribution < 1.29 is 13.2 Å². The van der Waals surface area contributed by atoms with Crippen LogP contribution in [0.15, 0.2) is 23.1 Å². The van der Waals surface area contributed by atoms with Crippen LogP contribution in [-0.4, -0.2) is 59.9 Å². The summed E-state index contributed by atoms with van der Waals surface area (Å²) in [4.78, 5) is 14.8. The summed E-state index contributed by atoms with van der Waals surface area (Å²) >= 11 is 0. The Labute approximate surface area is 172 Å². The Kier molecular flexibility index (Phi) is 5.48. The first-order valence-electron chi connectivity index (χ1n) is 10.3. The van der Waals surface area contributed by atoms with Crippen LogP contribution in [0, 0.1) is 13.8 Å². The van der Waals surface area contributed by atoms with Gasteiger partial charge in [-0.1, -0.05) is 6.07 Å². The number of piperazine rings is 1. The number of benzene rings is 1. The van der Waals surface area contributed by atoms with Gasteiger partial charge in [-0.15, -0.1) is 0 Å². The Balaban J connectivity index is 1.35. The topological polar surface area (TPSA) is 86.4 Å². The third kappa shape index (κ3) is 3.96. The molecule has 2 heterocycles. The molecule has 2 aromatic rings. The number of carbonyl (C=O) groups excluding carboxylic acids is 1. The highest BCUT2D eigenvalue weighted by molar-refractivity contribution is 7.89. The van der Waals surface area contributed by atoms with E-state index in [1.165, 1.54) is 9.87 Å². The average Bonchev–Trinajstić information content (AvgIpc) is 3.32. The molecule has 1 aliphatic heterocycles. The van der Waals surface area contributed by atoms with E-state index in [2.05, 4.69) is 10.2 Å². The zero-order chi connectivity index (χ0) is 20.6. The SMILES string of the molecule is Cc1n[nH]c(C)c1CCC(=O)N1CCN(S(=O)(=O)c2ccc3c(c2)CCC3)CC1. The molecule has 8 heteroatoms. The van der Waals surface area contributed by atoms with E-state index < -0.39 is 10.0 Å². The minimum atomic E-state index is -3.51. The van der Waals surface area contributed by atoms with Gasteiger partial charge in [0.2, 0.25) is 15.9 Å². The molecule has 0 spiro atoms. The van der Waals surface area contributed by atoms with Crippen molar-refractivity contribution in [2.75, 3.05) is 26.2 Å². The van der Waals surface area contributed by atoms with Crippen molar-refractivity contribution in [3.63, 3.8) is 0 Å². The van der Waals surface area contributed by atoms with Crippen LogP contribution in [0.25, 0.3) is 0 Å². The number of hydrogen-bond donors (Lipinski definition) is 1. The second kappa shape index (κ2) is 7.91. The van der Waals surface area contributed by atoms with Gasteiger partial charge in [0.1, 0.15) is 0 Å². The molecule has 1 N–H and O–H groups in total. The summed E-state index contributed by atoms with van der Waals surface area (Å²) in [6.07, 6.45) is 4.15. The highest BCUT2D eigenvalue weighted by atomic mass is 32.2. The zero-order valence-corrected chi connectivity index (χ0v) is 17.9. The number of hydrogen-bond acceptors (Lipinski definition) is 4. The minimum Gasteiger partial charge on any atom is -0.340 e. The average molecular weight is 417 g/mol. The fourth-order valence-corrected chi connectivity index (χ4v) is 5.84. The van der Waals surface area contributed by atoms with Crippen LogP contribution in [0.1, 0.15) is 40.9 Å². The summed E-state index contributed by atoms with van der Waals surface area (Å²) in [6, 6.07) is 5.52. The number of carbonyl (C=O) groups is 1. The molecular formula is C21H28N4O3S. The lowest BCUT2D eigenvalue weighted by atomic mass is 10.1.